The molecule has 0 atom stereocenters. The van der Waals surface area contributed by atoms with Gasteiger partial charge in [0.25, 0.3) is 5.91 Å². The second-order valence-corrected chi connectivity index (χ2v) is 13.4. The number of likely N-dealkylation sites (tertiary alicyclic amines) is 1. The van der Waals surface area contributed by atoms with Gasteiger partial charge in [-0.2, -0.15) is 13.2 Å². The highest BCUT2D eigenvalue weighted by atomic mass is 19.4. The fraction of sp³-hybridized carbons (Fsp3) is 0.432. The van der Waals surface area contributed by atoms with Gasteiger partial charge in [0.15, 0.2) is 0 Å². The predicted octanol–water partition coefficient (Wildman–Crippen LogP) is 6.65. The molecule has 0 spiro atoms. The largest absolute Gasteiger partial charge is 0.456 e. The van der Waals surface area contributed by atoms with Crippen molar-refractivity contribution in [3.8, 4) is 11.1 Å². The van der Waals surface area contributed by atoms with Gasteiger partial charge in [0, 0.05) is 19.1 Å². The normalized spacial score (nSPS) is 16.2. The van der Waals surface area contributed by atoms with Crippen molar-refractivity contribution in [1.29, 1.82) is 0 Å². The van der Waals surface area contributed by atoms with Crippen molar-refractivity contribution >= 4 is 17.8 Å². The summed E-state index contributed by atoms with van der Waals surface area (Å²) >= 11 is 0. The molecule has 1 aliphatic heterocycles. The standard InChI is InChI=1S/C37H42F3N3O4/c1-35(2,3)47-33(45)29-15-5-4-14-28(29)32(44)42-25-18-22-43(23-19-25)21-11-10-20-36(34(46)41-24-37(38,39)40)30-16-8-6-12-26(30)27-13-7-9-17-31(27)36/h4-9,12-17,25H,10-11,18-24H2,1-3H3,(H,41,46)(H,42,44). The molecule has 10 heteroatoms. The number of halogens is 3. The van der Waals surface area contributed by atoms with Crippen LogP contribution in [0.25, 0.3) is 11.1 Å². The van der Waals surface area contributed by atoms with E-state index in [0.29, 0.717) is 12.8 Å². The summed E-state index contributed by atoms with van der Waals surface area (Å²) in [4.78, 5) is 41.9. The lowest BCUT2D eigenvalue weighted by Gasteiger charge is -2.33. The maximum absolute atomic E-state index is 13.7. The first-order chi connectivity index (χ1) is 22.3. The van der Waals surface area contributed by atoms with Crippen LogP contribution in [0, 0.1) is 0 Å². The Morgan fingerprint density at radius 1 is 0.830 bits per heavy atom. The Balaban J connectivity index is 1.18. The molecule has 5 rings (SSSR count). The maximum Gasteiger partial charge on any atom is 0.405 e. The summed E-state index contributed by atoms with van der Waals surface area (Å²) in [5.74, 6) is -1.48. The second-order valence-electron chi connectivity index (χ2n) is 13.4. The Morgan fingerprint density at radius 3 is 1.96 bits per heavy atom. The predicted molar refractivity (Wildman–Crippen MR) is 174 cm³/mol. The molecule has 250 valence electrons. The summed E-state index contributed by atoms with van der Waals surface area (Å²) in [6.45, 7) is 6.26. The Hall–Kier alpha value is -4.18. The number of nitrogens with zero attached hydrogens (tertiary/aromatic N) is 1. The average molecular weight is 650 g/mol. The Kier molecular flexibility index (Phi) is 10.1. The van der Waals surface area contributed by atoms with Gasteiger partial charge in [-0.15, -0.1) is 0 Å². The quantitative estimate of drug-likeness (QED) is 0.190. The van der Waals surface area contributed by atoms with Crippen LogP contribution in [0.5, 0.6) is 0 Å². The molecule has 0 aromatic heterocycles. The molecule has 7 nitrogen and oxygen atoms in total. The minimum absolute atomic E-state index is 0.0440. The van der Waals surface area contributed by atoms with E-state index in [4.69, 9.17) is 4.74 Å². The number of alkyl halides is 3. The van der Waals surface area contributed by atoms with E-state index >= 15 is 0 Å². The molecule has 0 unspecified atom stereocenters. The topological polar surface area (TPSA) is 87.7 Å². The number of carbonyl (C=O) groups excluding carboxylic acids is 3. The van der Waals surface area contributed by atoms with Crippen LogP contribution in [0.15, 0.2) is 72.8 Å². The van der Waals surface area contributed by atoms with Crippen LogP contribution in [0.2, 0.25) is 0 Å². The van der Waals surface area contributed by atoms with Crippen LogP contribution in [0.3, 0.4) is 0 Å². The first-order valence-corrected chi connectivity index (χ1v) is 16.2. The highest BCUT2D eigenvalue weighted by Crippen LogP contribution is 2.51. The fourth-order valence-corrected chi connectivity index (χ4v) is 6.77. The number of nitrogens with one attached hydrogen (secondary N) is 2. The summed E-state index contributed by atoms with van der Waals surface area (Å²) < 4.78 is 45.0. The van der Waals surface area contributed by atoms with Crippen LogP contribution in [-0.4, -0.2) is 66.7 Å². The fourth-order valence-electron chi connectivity index (χ4n) is 6.77. The first kappa shape index (κ1) is 34.2. The van der Waals surface area contributed by atoms with Crippen LogP contribution in [-0.2, 0) is 14.9 Å². The highest BCUT2D eigenvalue weighted by Gasteiger charge is 2.49. The van der Waals surface area contributed by atoms with Crippen molar-refractivity contribution < 1.29 is 32.3 Å². The lowest BCUT2D eigenvalue weighted by Crippen LogP contribution is -2.47. The molecule has 2 amide bonds. The van der Waals surface area contributed by atoms with Gasteiger partial charge in [-0.3, -0.25) is 9.59 Å². The van der Waals surface area contributed by atoms with E-state index in [1.165, 1.54) is 0 Å². The molecule has 1 heterocycles. The monoisotopic (exact) mass is 649 g/mol. The van der Waals surface area contributed by atoms with Gasteiger partial charge in [0.2, 0.25) is 5.91 Å². The molecule has 1 aliphatic carbocycles. The zero-order chi connectivity index (χ0) is 33.8. The van der Waals surface area contributed by atoms with Gasteiger partial charge < -0.3 is 20.3 Å². The van der Waals surface area contributed by atoms with Gasteiger partial charge >= 0.3 is 12.1 Å². The lowest BCUT2D eigenvalue weighted by molar-refractivity contribution is -0.141. The van der Waals surface area contributed by atoms with E-state index < -0.39 is 35.6 Å². The third kappa shape index (κ3) is 7.87. The number of hydrogen-bond donors (Lipinski definition) is 2. The van der Waals surface area contributed by atoms with Gasteiger partial charge in [0.05, 0.1) is 11.1 Å². The number of esters is 1. The summed E-state index contributed by atoms with van der Waals surface area (Å²) in [6.07, 6.45) is -1.25. The molecule has 1 saturated heterocycles. The third-order valence-electron chi connectivity index (χ3n) is 8.89. The molecule has 0 radical (unpaired) electrons. The van der Waals surface area contributed by atoms with Gasteiger partial charge in [0.1, 0.15) is 17.6 Å². The van der Waals surface area contributed by atoms with Crippen LogP contribution in [0.4, 0.5) is 13.2 Å². The molecule has 1 fully saturated rings. The summed E-state index contributed by atoms with van der Waals surface area (Å²) in [6, 6.07) is 21.6. The zero-order valence-corrected chi connectivity index (χ0v) is 27.1. The van der Waals surface area contributed by atoms with E-state index in [1.807, 2.05) is 48.5 Å². The third-order valence-corrected chi connectivity index (χ3v) is 8.89. The zero-order valence-electron chi connectivity index (χ0n) is 27.1. The Bertz CT molecular complexity index is 1560. The van der Waals surface area contributed by atoms with Crippen LogP contribution < -0.4 is 10.6 Å². The molecule has 2 N–H and O–H groups in total. The summed E-state index contributed by atoms with van der Waals surface area (Å²) in [5, 5.41) is 5.27. The van der Waals surface area contributed by atoms with Crippen molar-refractivity contribution in [2.45, 2.75) is 76.1 Å². The number of hydrogen-bond acceptors (Lipinski definition) is 5. The minimum atomic E-state index is -4.51. The summed E-state index contributed by atoms with van der Waals surface area (Å²) in [7, 11) is 0. The van der Waals surface area contributed by atoms with E-state index in [-0.39, 0.29) is 23.1 Å². The number of fused-ring (bicyclic) bond motifs is 3. The molecule has 0 bridgehead atoms. The molecular formula is C37H42F3N3O4. The van der Waals surface area contributed by atoms with Crippen LogP contribution in [0.1, 0.15) is 84.7 Å². The van der Waals surface area contributed by atoms with Gasteiger partial charge in [-0.05, 0) is 87.4 Å². The lowest BCUT2D eigenvalue weighted by atomic mass is 9.73. The second kappa shape index (κ2) is 13.9. The molecule has 0 saturated carbocycles. The molecule has 47 heavy (non-hydrogen) atoms. The average Bonchev–Trinajstić information content (AvgIpc) is 3.32. The summed E-state index contributed by atoms with van der Waals surface area (Å²) in [5.41, 5.74) is 1.87. The molecule has 2 aliphatic rings. The number of benzene rings is 3. The van der Waals surface area contributed by atoms with Crippen molar-refractivity contribution in [1.82, 2.24) is 15.5 Å². The van der Waals surface area contributed by atoms with Crippen LogP contribution >= 0.6 is 0 Å². The van der Waals surface area contributed by atoms with Gasteiger partial charge in [-0.25, -0.2) is 4.79 Å². The number of ether oxygens (including phenoxy) is 1. The molecule has 3 aromatic rings. The Morgan fingerprint density at radius 2 is 1.38 bits per heavy atom. The number of piperidine rings is 1. The van der Waals surface area contributed by atoms with E-state index in [2.05, 4.69) is 15.5 Å². The van der Waals surface area contributed by atoms with Crippen molar-refractivity contribution in [3.05, 3.63) is 95.1 Å². The molecule has 3 aromatic carbocycles. The Labute approximate surface area is 273 Å². The number of unbranched alkanes of at least 4 members (excludes halogenated alkanes) is 1. The minimum Gasteiger partial charge on any atom is -0.456 e. The van der Waals surface area contributed by atoms with Crippen molar-refractivity contribution in [2.24, 2.45) is 0 Å². The number of amides is 2. The smallest absolute Gasteiger partial charge is 0.405 e. The number of carbonyl (C=O) groups is 3. The van der Waals surface area contributed by atoms with Crippen molar-refractivity contribution in [2.75, 3.05) is 26.2 Å². The number of rotatable bonds is 10. The van der Waals surface area contributed by atoms with E-state index in [9.17, 15) is 27.6 Å². The van der Waals surface area contributed by atoms with Gasteiger partial charge in [-0.1, -0.05) is 67.1 Å². The molecular weight excluding hydrogens is 607 g/mol. The highest BCUT2D eigenvalue weighted by molar-refractivity contribution is 6.05. The first-order valence-electron chi connectivity index (χ1n) is 16.2. The van der Waals surface area contributed by atoms with E-state index in [0.717, 1.165) is 61.2 Å². The van der Waals surface area contributed by atoms with Crippen molar-refractivity contribution in [3.63, 3.8) is 0 Å². The maximum atomic E-state index is 13.7. The SMILES string of the molecule is CC(C)(C)OC(=O)c1ccccc1C(=O)NC1CCN(CCCCC2(C(=O)NCC(F)(F)F)c3ccccc3-c3ccccc32)CC1. The van der Waals surface area contributed by atoms with E-state index in [1.54, 1.807) is 45.0 Å².